The number of H-pyrrole nitrogens is 1. The summed E-state index contributed by atoms with van der Waals surface area (Å²) in [5, 5.41) is 9.48. The van der Waals surface area contributed by atoms with Gasteiger partial charge in [-0.05, 0) is 31.5 Å². The molecule has 1 aromatic carbocycles. The number of nitrogens with zero attached hydrogens (tertiary/aromatic N) is 1. The Morgan fingerprint density at radius 1 is 1.47 bits per heavy atom. The summed E-state index contributed by atoms with van der Waals surface area (Å²) in [6.07, 6.45) is 3.43. The first-order valence-electron chi connectivity index (χ1n) is 5.98. The van der Waals surface area contributed by atoms with Gasteiger partial charge in [0.25, 0.3) is 5.91 Å². The van der Waals surface area contributed by atoms with Crippen LogP contribution in [0.15, 0.2) is 30.6 Å². The lowest BCUT2D eigenvalue weighted by atomic mass is 10.1. The minimum atomic E-state index is -0.179. The van der Waals surface area contributed by atoms with Crippen molar-refractivity contribution in [2.75, 3.05) is 5.43 Å². The van der Waals surface area contributed by atoms with E-state index in [0.717, 1.165) is 11.1 Å². The molecule has 6 nitrogen and oxygen atoms in total. The van der Waals surface area contributed by atoms with Gasteiger partial charge in [0.1, 0.15) is 0 Å². The largest absolute Gasteiger partial charge is 0.345 e. The third-order valence-electron chi connectivity index (χ3n) is 2.94. The fourth-order valence-electron chi connectivity index (χ4n) is 1.83. The van der Waals surface area contributed by atoms with Crippen LogP contribution in [-0.2, 0) is 0 Å². The van der Waals surface area contributed by atoms with Crippen LogP contribution < -0.4 is 16.6 Å². The average molecular weight is 259 g/mol. The highest BCUT2D eigenvalue weighted by Gasteiger charge is 2.15. The van der Waals surface area contributed by atoms with Crippen LogP contribution in [0.2, 0.25) is 0 Å². The number of carbonyl (C=O) groups excluding carboxylic acids is 1. The summed E-state index contributed by atoms with van der Waals surface area (Å²) in [6.45, 7) is 3.84. The summed E-state index contributed by atoms with van der Waals surface area (Å²) < 4.78 is 0. The molecule has 0 fully saturated rings. The molecule has 1 unspecified atom stereocenters. The van der Waals surface area contributed by atoms with E-state index in [1.807, 2.05) is 26.0 Å². The Morgan fingerprint density at radius 2 is 2.26 bits per heavy atom. The summed E-state index contributed by atoms with van der Waals surface area (Å²) in [5.41, 5.74) is 5.63. The highest BCUT2D eigenvalue weighted by Crippen LogP contribution is 2.18. The molecule has 0 aliphatic rings. The molecule has 0 spiro atoms. The zero-order valence-corrected chi connectivity index (χ0v) is 10.9. The van der Waals surface area contributed by atoms with E-state index in [4.69, 9.17) is 5.84 Å². The molecule has 2 aromatic rings. The van der Waals surface area contributed by atoms with Crippen LogP contribution in [0.25, 0.3) is 0 Å². The van der Waals surface area contributed by atoms with Crippen LogP contribution in [0.1, 0.15) is 34.5 Å². The van der Waals surface area contributed by atoms with Gasteiger partial charge >= 0.3 is 0 Å². The number of nitrogens with two attached hydrogens (primary N) is 1. The Hall–Kier alpha value is -2.34. The predicted octanol–water partition coefficient (Wildman–Crippen LogP) is 1.49. The molecule has 1 heterocycles. The van der Waals surface area contributed by atoms with Gasteiger partial charge in [0.15, 0.2) is 0 Å². The molecule has 0 aliphatic heterocycles. The Balaban J connectivity index is 2.16. The highest BCUT2D eigenvalue weighted by atomic mass is 16.1. The Bertz CT molecular complexity index is 564. The van der Waals surface area contributed by atoms with Crippen molar-refractivity contribution in [3.05, 3.63) is 47.3 Å². The normalized spacial score (nSPS) is 11.9. The molecule has 19 heavy (non-hydrogen) atoms. The van der Waals surface area contributed by atoms with Gasteiger partial charge in [-0.2, -0.15) is 5.10 Å². The number of aromatic nitrogens is 2. The molecule has 6 heteroatoms. The van der Waals surface area contributed by atoms with Gasteiger partial charge in [0.05, 0.1) is 23.5 Å². The second kappa shape index (κ2) is 5.53. The number of nitrogen functional groups attached to an aromatic ring is 1. The number of carbonyl (C=O) groups is 1. The standard InChI is InChI=1S/C13H17N5O/c1-8-3-4-11(12(5-8)18-14)13(19)17-9(2)10-6-15-16-7-10/h3-7,9,18H,14H2,1-2H3,(H,15,16)(H,17,19). The summed E-state index contributed by atoms with van der Waals surface area (Å²) in [7, 11) is 0. The number of aryl methyl sites for hydroxylation is 1. The van der Waals surface area contributed by atoms with Gasteiger partial charge in [-0.15, -0.1) is 0 Å². The molecule has 0 saturated carbocycles. The molecular formula is C13H17N5O. The van der Waals surface area contributed by atoms with Gasteiger partial charge in [-0.3, -0.25) is 15.7 Å². The molecule has 2 rings (SSSR count). The fraction of sp³-hybridized carbons (Fsp3) is 0.231. The van der Waals surface area contributed by atoms with E-state index in [1.165, 1.54) is 0 Å². The maximum atomic E-state index is 12.2. The lowest BCUT2D eigenvalue weighted by Gasteiger charge is -2.14. The monoisotopic (exact) mass is 259 g/mol. The minimum absolute atomic E-state index is 0.127. The number of rotatable bonds is 4. The molecule has 0 saturated heterocycles. The molecular weight excluding hydrogens is 242 g/mol. The number of aromatic amines is 1. The first-order chi connectivity index (χ1) is 9.11. The summed E-state index contributed by atoms with van der Waals surface area (Å²) in [6, 6.07) is 5.33. The van der Waals surface area contributed by atoms with Crippen molar-refractivity contribution in [3.63, 3.8) is 0 Å². The fourth-order valence-corrected chi connectivity index (χ4v) is 1.83. The van der Waals surface area contributed by atoms with Crippen molar-refractivity contribution in [3.8, 4) is 0 Å². The Labute approximate surface area is 111 Å². The van der Waals surface area contributed by atoms with Gasteiger partial charge in [-0.25, -0.2) is 0 Å². The van der Waals surface area contributed by atoms with Gasteiger partial charge < -0.3 is 10.7 Å². The van der Waals surface area contributed by atoms with E-state index < -0.39 is 0 Å². The van der Waals surface area contributed by atoms with Crippen LogP contribution >= 0.6 is 0 Å². The van der Waals surface area contributed by atoms with Crippen molar-refractivity contribution in [2.45, 2.75) is 19.9 Å². The Kier molecular flexibility index (Phi) is 3.82. The van der Waals surface area contributed by atoms with Crippen LogP contribution in [0, 0.1) is 6.92 Å². The van der Waals surface area contributed by atoms with E-state index >= 15 is 0 Å². The number of nitrogens with one attached hydrogen (secondary N) is 3. The number of hydrogen-bond donors (Lipinski definition) is 4. The molecule has 1 atom stereocenters. The molecule has 0 aliphatic carbocycles. The minimum Gasteiger partial charge on any atom is -0.345 e. The SMILES string of the molecule is Cc1ccc(C(=O)NC(C)c2cn[nH]c2)c(NN)c1. The van der Waals surface area contributed by atoms with Crippen LogP contribution in [0.3, 0.4) is 0 Å². The number of hydrazine groups is 1. The van der Waals surface area contributed by atoms with Crippen molar-refractivity contribution in [1.29, 1.82) is 0 Å². The molecule has 1 aromatic heterocycles. The van der Waals surface area contributed by atoms with Crippen molar-refractivity contribution in [1.82, 2.24) is 15.5 Å². The first-order valence-corrected chi connectivity index (χ1v) is 5.98. The Morgan fingerprint density at radius 3 is 2.89 bits per heavy atom. The molecule has 100 valence electrons. The highest BCUT2D eigenvalue weighted by molar-refractivity contribution is 5.99. The van der Waals surface area contributed by atoms with E-state index in [2.05, 4.69) is 20.9 Å². The van der Waals surface area contributed by atoms with Crippen LogP contribution in [0.4, 0.5) is 5.69 Å². The van der Waals surface area contributed by atoms with E-state index in [-0.39, 0.29) is 11.9 Å². The topological polar surface area (TPSA) is 95.8 Å². The number of benzene rings is 1. The predicted molar refractivity (Wildman–Crippen MR) is 73.5 cm³/mol. The zero-order chi connectivity index (χ0) is 13.8. The molecule has 0 radical (unpaired) electrons. The number of anilines is 1. The third-order valence-corrected chi connectivity index (χ3v) is 2.94. The molecule has 1 amide bonds. The molecule has 5 N–H and O–H groups in total. The van der Waals surface area contributed by atoms with Gasteiger partial charge in [0, 0.05) is 11.8 Å². The van der Waals surface area contributed by atoms with Crippen LogP contribution in [-0.4, -0.2) is 16.1 Å². The van der Waals surface area contributed by atoms with Crippen molar-refractivity contribution >= 4 is 11.6 Å². The van der Waals surface area contributed by atoms with Crippen molar-refractivity contribution < 1.29 is 4.79 Å². The first kappa shape index (κ1) is 13.1. The van der Waals surface area contributed by atoms with E-state index in [0.29, 0.717) is 11.3 Å². The third kappa shape index (κ3) is 2.92. The lowest BCUT2D eigenvalue weighted by Crippen LogP contribution is -2.27. The second-order valence-electron chi connectivity index (χ2n) is 4.42. The van der Waals surface area contributed by atoms with Crippen LogP contribution in [0.5, 0.6) is 0 Å². The number of amides is 1. The lowest BCUT2D eigenvalue weighted by molar-refractivity contribution is 0.0940. The van der Waals surface area contributed by atoms with Gasteiger partial charge in [-0.1, -0.05) is 6.07 Å². The summed E-state index contributed by atoms with van der Waals surface area (Å²) >= 11 is 0. The maximum Gasteiger partial charge on any atom is 0.253 e. The average Bonchev–Trinajstić information content (AvgIpc) is 2.92. The second-order valence-corrected chi connectivity index (χ2v) is 4.42. The van der Waals surface area contributed by atoms with E-state index in [1.54, 1.807) is 18.5 Å². The summed E-state index contributed by atoms with van der Waals surface area (Å²) in [4.78, 5) is 12.2. The summed E-state index contributed by atoms with van der Waals surface area (Å²) in [5.74, 6) is 5.26. The van der Waals surface area contributed by atoms with Crippen molar-refractivity contribution in [2.24, 2.45) is 5.84 Å². The zero-order valence-electron chi connectivity index (χ0n) is 10.9. The quantitative estimate of drug-likeness (QED) is 0.494. The number of hydrogen-bond acceptors (Lipinski definition) is 4. The molecule has 0 bridgehead atoms. The van der Waals surface area contributed by atoms with E-state index in [9.17, 15) is 4.79 Å². The maximum absolute atomic E-state index is 12.2. The smallest absolute Gasteiger partial charge is 0.253 e. The van der Waals surface area contributed by atoms with Gasteiger partial charge in [0.2, 0.25) is 0 Å².